The molecule has 0 fully saturated rings. The molecule has 2 aromatic rings. The van der Waals surface area contributed by atoms with Crippen molar-refractivity contribution in [1.82, 2.24) is 0 Å². The summed E-state index contributed by atoms with van der Waals surface area (Å²) in [7, 11) is 0. The number of fused-ring (bicyclic) bond motifs is 1. The number of nitrogens with one attached hydrogen (secondary N) is 1. The lowest BCUT2D eigenvalue weighted by Crippen LogP contribution is -2.18. The molecular formula is C18H21NS. The van der Waals surface area contributed by atoms with Crippen molar-refractivity contribution in [2.75, 3.05) is 18.1 Å². The summed E-state index contributed by atoms with van der Waals surface area (Å²) in [5.74, 6) is 0.648. The Labute approximate surface area is 125 Å². The fourth-order valence-electron chi connectivity index (χ4n) is 3.09. The van der Waals surface area contributed by atoms with Crippen LogP contribution in [0, 0.1) is 0 Å². The molecule has 2 aromatic carbocycles. The maximum atomic E-state index is 3.65. The Kier molecular flexibility index (Phi) is 4.31. The highest BCUT2D eigenvalue weighted by atomic mass is 32.2. The summed E-state index contributed by atoms with van der Waals surface area (Å²) in [5, 5.41) is 3.65. The van der Waals surface area contributed by atoms with E-state index in [-0.39, 0.29) is 0 Å². The van der Waals surface area contributed by atoms with Gasteiger partial charge in [0.15, 0.2) is 0 Å². The third-order valence-corrected chi connectivity index (χ3v) is 4.94. The summed E-state index contributed by atoms with van der Waals surface area (Å²) < 4.78 is 0. The molecular weight excluding hydrogens is 262 g/mol. The zero-order chi connectivity index (χ0) is 13.8. The van der Waals surface area contributed by atoms with Crippen LogP contribution in [0.15, 0.2) is 53.4 Å². The third kappa shape index (κ3) is 2.85. The second-order valence-corrected chi connectivity index (χ2v) is 6.22. The van der Waals surface area contributed by atoms with Gasteiger partial charge in [-0.15, -0.1) is 11.8 Å². The molecule has 1 aliphatic rings. The van der Waals surface area contributed by atoms with E-state index in [0.717, 1.165) is 6.54 Å². The lowest BCUT2D eigenvalue weighted by atomic mass is 9.83. The number of hydrogen-bond donors (Lipinski definition) is 1. The van der Waals surface area contributed by atoms with Crippen molar-refractivity contribution in [3.63, 3.8) is 0 Å². The Morgan fingerprint density at radius 1 is 1.10 bits per heavy atom. The van der Waals surface area contributed by atoms with Crippen LogP contribution in [0.2, 0.25) is 0 Å². The van der Waals surface area contributed by atoms with E-state index in [2.05, 4.69) is 60.1 Å². The normalized spacial score (nSPS) is 17.6. The molecule has 0 spiro atoms. The Balaban J connectivity index is 1.73. The molecule has 0 bridgehead atoms. The SMILES string of the molecule is CSc1ccccc1NCC1CCCc2ccccc21. The first-order valence-electron chi connectivity index (χ1n) is 7.33. The van der Waals surface area contributed by atoms with Gasteiger partial charge in [-0.2, -0.15) is 0 Å². The fraction of sp³-hybridized carbons (Fsp3) is 0.333. The number of benzene rings is 2. The van der Waals surface area contributed by atoms with Gasteiger partial charge in [0.1, 0.15) is 0 Å². The van der Waals surface area contributed by atoms with Crippen LogP contribution in [0.25, 0.3) is 0 Å². The lowest BCUT2D eigenvalue weighted by molar-refractivity contribution is 0.571. The maximum Gasteiger partial charge on any atom is 0.0478 e. The van der Waals surface area contributed by atoms with Crippen molar-refractivity contribution in [2.45, 2.75) is 30.1 Å². The first kappa shape index (κ1) is 13.6. The highest BCUT2D eigenvalue weighted by Gasteiger charge is 2.19. The zero-order valence-electron chi connectivity index (χ0n) is 11.9. The van der Waals surface area contributed by atoms with Gasteiger partial charge in [0.2, 0.25) is 0 Å². The van der Waals surface area contributed by atoms with E-state index in [9.17, 15) is 0 Å². The second-order valence-electron chi connectivity index (χ2n) is 5.37. The van der Waals surface area contributed by atoms with Gasteiger partial charge in [-0.25, -0.2) is 0 Å². The number of thioether (sulfide) groups is 1. The van der Waals surface area contributed by atoms with Gasteiger partial charge in [-0.05, 0) is 48.8 Å². The van der Waals surface area contributed by atoms with Gasteiger partial charge >= 0.3 is 0 Å². The van der Waals surface area contributed by atoms with E-state index >= 15 is 0 Å². The summed E-state index contributed by atoms with van der Waals surface area (Å²) in [6.45, 7) is 1.04. The predicted octanol–water partition coefficient (Wildman–Crippen LogP) is 4.94. The van der Waals surface area contributed by atoms with Crippen molar-refractivity contribution in [3.05, 3.63) is 59.7 Å². The Morgan fingerprint density at radius 3 is 2.80 bits per heavy atom. The first-order chi connectivity index (χ1) is 9.88. The van der Waals surface area contributed by atoms with Crippen molar-refractivity contribution in [2.24, 2.45) is 0 Å². The van der Waals surface area contributed by atoms with Crippen LogP contribution in [0.4, 0.5) is 5.69 Å². The van der Waals surface area contributed by atoms with Gasteiger partial charge in [-0.3, -0.25) is 0 Å². The van der Waals surface area contributed by atoms with Crippen LogP contribution < -0.4 is 5.32 Å². The summed E-state index contributed by atoms with van der Waals surface area (Å²) in [5.41, 5.74) is 4.36. The van der Waals surface area contributed by atoms with E-state index < -0.39 is 0 Å². The average molecular weight is 283 g/mol. The molecule has 0 aliphatic heterocycles. The van der Waals surface area contributed by atoms with Crippen LogP contribution >= 0.6 is 11.8 Å². The van der Waals surface area contributed by atoms with Gasteiger partial charge in [0.05, 0.1) is 0 Å². The molecule has 3 rings (SSSR count). The molecule has 1 nitrogen and oxygen atoms in total. The van der Waals surface area contributed by atoms with E-state index in [4.69, 9.17) is 0 Å². The highest BCUT2D eigenvalue weighted by molar-refractivity contribution is 7.98. The van der Waals surface area contributed by atoms with Crippen LogP contribution in [-0.4, -0.2) is 12.8 Å². The van der Waals surface area contributed by atoms with Crippen LogP contribution in [0.5, 0.6) is 0 Å². The fourth-order valence-corrected chi connectivity index (χ4v) is 3.67. The standard InChI is InChI=1S/C18H21NS/c1-20-18-12-5-4-11-17(18)19-13-15-9-6-8-14-7-2-3-10-16(14)15/h2-5,7,10-12,15,19H,6,8-9,13H2,1H3. The summed E-state index contributed by atoms with van der Waals surface area (Å²) in [6.07, 6.45) is 5.99. The Morgan fingerprint density at radius 2 is 1.90 bits per heavy atom. The molecule has 0 saturated carbocycles. The predicted molar refractivity (Wildman–Crippen MR) is 88.8 cm³/mol. The third-order valence-electron chi connectivity index (χ3n) is 4.14. The molecule has 0 aromatic heterocycles. The number of aryl methyl sites for hydroxylation is 1. The Bertz CT molecular complexity index is 579. The van der Waals surface area contributed by atoms with E-state index in [1.807, 2.05) is 0 Å². The van der Waals surface area contributed by atoms with Crippen LogP contribution in [-0.2, 0) is 6.42 Å². The van der Waals surface area contributed by atoms with Gasteiger partial charge in [0, 0.05) is 23.0 Å². The van der Waals surface area contributed by atoms with Crippen molar-refractivity contribution in [3.8, 4) is 0 Å². The second kappa shape index (κ2) is 6.36. The monoisotopic (exact) mass is 283 g/mol. The van der Waals surface area contributed by atoms with Crippen LogP contribution in [0.1, 0.15) is 29.9 Å². The summed E-state index contributed by atoms with van der Waals surface area (Å²) in [6, 6.07) is 17.5. The minimum Gasteiger partial charge on any atom is -0.384 e. The molecule has 1 atom stereocenters. The minimum absolute atomic E-state index is 0.648. The molecule has 1 aliphatic carbocycles. The topological polar surface area (TPSA) is 12.0 Å². The molecule has 104 valence electrons. The van der Waals surface area contributed by atoms with Crippen molar-refractivity contribution in [1.29, 1.82) is 0 Å². The quantitative estimate of drug-likeness (QED) is 0.798. The van der Waals surface area contributed by atoms with E-state index in [1.54, 1.807) is 22.9 Å². The van der Waals surface area contributed by atoms with E-state index in [1.165, 1.54) is 29.8 Å². The molecule has 1 N–H and O–H groups in total. The number of anilines is 1. The molecule has 0 radical (unpaired) electrons. The molecule has 1 unspecified atom stereocenters. The lowest BCUT2D eigenvalue weighted by Gasteiger charge is -2.26. The molecule has 0 heterocycles. The first-order valence-corrected chi connectivity index (χ1v) is 8.55. The largest absolute Gasteiger partial charge is 0.384 e. The maximum absolute atomic E-state index is 3.65. The van der Waals surface area contributed by atoms with Crippen LogP contribution in [0.3, 0.4) is 0 Å². The Hall–Kier alpha value is -1.41. The van der Waals surface area contributed by atoms with E-state index in [0.29, 0.717) is 5.92 Å². The molecule has 0 amide bonds. The highest BCUT2D eigenvalue weighted by Crippen LogP contribution is 2.32. The smallest absolute Gasteiger partial charge is 0.0478 e. The zero-order valence-corrected chi connectivity index (χ0v) is 12.7. The summed E-state index contributed by atoms with van der Waals surface area (Å²) in [4.78, 5) is 1.33. The van der Waals surface area contributed by atoms with Gasteiger partial charge in [-0.1, -0.05) is 36.4 Å². The van der Waals surface area contributed by atoms with Crippen molar-refractivity contribution < 1.29 is 0 Å². The number of hydrogen-bond acceptors (Lipinski definition) is 2. The minimum atomic E-state index is 0.648. The van der Waals surface area contributed by atoms with Crippen molar-refractivity contribution >= 4 is 17.4 Å². The average Bonchev–Trinajstić information content (AvgIpc) is 2.53. The van der Waals surface area contributed by atoms with Gasteiger partial charge < -0.3 is 5.32 Å². The number of para-hydroxylation sites is 1. The molecule has 20 heavy (non-hydrogen) atoms. The molecule has 0 saturated heterocycles. The molecule has 2 heteroatoms. The number of rotatable bonds is 4. The van der Waals surface area contributed by atoms with Gasteiger partial charge in [0.25, 0.3) is 0 Å². The summed E-state index contributed by atoms with van der Waals surface area (Å²) >= 11 is 1.81.